The van der Waals surface area contributed by atoms with Gasteiger partial charge in [-0.15, -0.1) is 0 Å². The average molecular weight is 314 g/mol. The van der Waals surface area contributed by atoms with Gasteiger partial charge < -0.3 is 4.74 Å². The van der Waals surface area contributed by atoms with E-state index < -0.39 is 5.41 Å². The maximum absolute atomic E-state index is 5.55. The predicted octanol–water partition coefficient (Wildman–Crippen LogP) is 4.23. The number of nitrogens with zero attached hydrogens (tertiary/aromatic N) is 1. The van der Waals surface area contributed by atoms with E-state index in [1.54, 1.807) is 6.26 Å². The van der Waals surface area contributed by atoms with Gasteiger partial charge in [-0.1, -0.05) is 60.7 Å². The van der Waals surface area contributed by atoms with Crippen LogP contribution in [0.1, 0.15) is 11.1 Å². The molecule has 3 heteroatoms. The van der Waals surface area contributed by atoms with Crippen LogP contribution in [-0.2, 0) is 10.2 Å². The standard InChI is InChI=1S/C16H12BrNO/c17-18-15-16(11-12-19-15,13-7-3-1-4-8-13)14-9-5-2-6-10-14/h1-12H. The summed E-state index contributed by atoms with van der Waals surface area (Å²) in [5.74, 6) is 0.630. The van der Waals surface area contributed by atoms with Crippen molar-refractivity contribution in [3.63, 3.8) is 0 Å². The molecule has 1 aliphatic rings. The predicted molar refractivity (Wildman–Crippen MR) is 80.3 cm³/mol. The third-order valence-electron chi connectivity index (χ3n) is 3.37. The largest absolute Gasteiger partial charge is 0.449 e. The van der Waals surface area contributed by atoms with Crippen molar-refractivity contribution >= 4 is 22.0 Å². The van der Waals surface area contributed by atoms with E-state index in [0.29, 0.717) is 5.90 Å². The number of hydrogen-bond donors (Lipinski definition) is 0. The number of benzene rings is 2. The van der Waals surface area contributed by atoms with Gasteiger partial charge in [-0.25, -0.2) is 0 Å². The number of hydrogen-bond acceptors (Lipinski definition) is 2. The lowest BCUT2D eigenvalue weighted by atomic mass is 9.75. The highest BCUT2D eigenvalue weighted by atomic mass is 79.9. The summed E-state index contributed by atoms with van der Waals surface area (Å²) in [6, 6.07) is 20.5. The summed E-state index contributed by atoms with van der Waals surface area (Å²) in [5, 5.41) is 0. The van der Waals surface area contributed by atoms with Gasteiger partial charge in [0.25, 0.3) is 0 Å². The zero-order chi connectivity index (χ0) is 13.1. The molecule has 0 fully saturated rings. The Bertz CT molecular complexity index is 580. The Morgan fingerprint density at radius 1 is 0.842 bits per heavy atom. The molecule has 0 spiro atoms. The van der Waals surface area contributed by atoms with Gasteiger partial charge in [-0.2, -0.15) is 4.02 Å². The van der Waals surface area contributed by atoms with Crippen molar-refractivity contribution in [1.82, 2.24) is 0 Å². The Morgan fingerprint density at radius 2 is 1.37 bits per heavy atom. The van der Waals surface area contributed by atoms with Crippen LogP contribution in [0.4, 0.5) is 0 Å². The molecular weight excluding hydrogens is 302 g/mol. The normalized spacial score (nSPS) is 18.5. The minimum Gasteiger partial charge on any atom is -0.449 e. The van der Waals surface area contributed by atoms with Gasteiger partial charge in [0, 0.05) is 0 Å². The molecule has 2 aromatic carbocycles. The van der Waals surface area contributed by atoms with Crippen molar-refractivity contribution in [2.45, 2.75) is 5.41 Å². The quantitative estimate of drug-likeness (QED) is 0.813. The molecule has 0 bridgehead atoms. The van der Waals surface area contributed by atoms with Crippen molar-refractivity contribution in [2.24, 2.45) is 4.02 Å². The molecular formula is C16H12BrNO. The molecule has 0 aromatic heterocycles. The third-order valence-corrected chi connectivity index (χ3v) is 3.69. The third kappa shape index (κ3) is 1.90. The van der Waals surface area contributed by atoms with Crippen LogP contribution < -0.4 is 0 Å². The topological polar surface area (TPSA) is 21.6 Å². The monoisotopic (exact) mass is 313 g/mol. The van der Waals surface area contributed by atoms with Crippen molar-refractivity contribution < 1.29 is 4.74 Å². The summed E-state index contributed by atoms with van der Waals surface area (Å²) in [4.78, 5) is 0. The Labute approximate surface area is 120 Å². The zero-order valence-corrected chi connectivity index (χ0v) is 11.7. The Hall–Kier alpha value is -1.87. The fourth-order valence-corrected chi connectivity index (χ4v) is 2.82. The van der Waals surface area contributed by atoms with Crippen LogP contribution in [0.3, 0.4) is 0 Å². The molecule has 0 saturated carbocycles. The van der Waals surface area contributed by atoms with Gasteiger partial charge in [0.1, 0.15) is 5.41 Å². The van der Waals surface area contributed by atoms with Gasteiger partial charge in [0.05, 0.1) is 22.4 Å². The lowest BCUT2D eigenvalue weighted by molar-refractivity contribution is 0.471. The molecule has 2 nitrogen and oxygen atoms in total. The summed E-state index contributed by atoms with van der Waals surface area (Å²) >= 11 is 3.17. The fraction of sp³-hybridized carbons (Fsp3) is 0.0625. The van der Waals surface area contributed by atoms with E-state index in [0.717, 1.165) is 11.1 Å². The highest BCUT2D eigenvalue weighted by molar-refractivity contribution is 9.08. The SMILES string of the molecule is BrN=C1OC=CC1(c1ccccc1)c1ccccc1. The highest BCUT2D eigenvalue weighted by Gasteiger charge is 2.42. The maximum atomic E-state index is 5.55. The van der Waals surface area contributed by atoms with E-state index in [1.165, 1.54) is 0 Å². The zero-order valence-electron chi connectivity index (χ0n) is 10.2. The number of ether oxygens (including phenoxy) is 1. The van der Waals surface area contributed by atoms with E-state index in [9.17, 15) is 0 Å². The van der Waals surface area contributed by atoms with Crippen molar-refractivity contribution in [3.05, 3.63) is 84.1 Å². The first-order chi connectivity index (χ1) is 9.38. The van der Waals surface area contributed by atoms with Crippen LogP contribution in [0.5, 0.6) is 0 Å². The molecule has 0 amide bonds. The molecule has 0 atom stereocenters. The summed E-state index contributed by atoms with van der Waals surface area (Å²) in [7, 11) is 0. The smallest absolute Gasteiger partial charge is 0.219 e. The molecule has 0 unspecified atom stereocenters. The second kappa shape index (κ2) is 5.02. The first-order valence-corrected chi connectivity index (χ1v) is 6.74. The van der Waals surface area contributed by atoms with E-state index in [2.05, 4.69) is 44.4 Å². The fourth-order valence-electron chi connectivity index (χ4n) is 2.46. The lowest BCUT2D eigenvalue weighted by Gasteiger charge is -2.27. The summed E-state index contributed by atoms with van der Waals surface area (Å²) in [6.45, 7) is 0. The molecule has 2 aromatic rings. The Morgan fingerprint density at radius 3 is 1.84 bits per heavy atom. The van der Waals surface area contributed by atoms with E-state index >= 15 is 0 Å². The molecule has 1 heterocycles. The number of rotatable bonds is 2. The minimum atomic E-state index is -0.452. The second-order valence-electron chi connectivity index (χ2n) is 4.35. The highest BCUT2D eigenvalue weighted by Crippen LogP contribution is 2.39. The lowest BCUT2D eigenvalue weighted by Crippen LogP contribution is -2.32. The van der Waals surface area contributed by atoms with Gasteiger partial charge in [0.2, 0.25) is 5.90 Å². The van der Waals surface area contributed by atoms with E-state index in [1.807, 2.05) is 42.5 Å². The van der Waals surface area contributed by atoms with Gasteiger partial charge in [0.15, 0.2) is 0 Å². The van der Waals surface area contributed by atoms with Gasteiger partial charge in [-0.05, 0) is 17.2 Å². The molecule has 0 radical (unpaired) electrons. The van der Waals surface area contributed by atoms with Crippen LogP contribution in [0, 0.1) is 0 Å². The molecule has 1 aliphatic heterocycles. The molecule has 0 saturated heterocycles. The van der Waals surface area contributed by atoms with Crippen LogP contribution in [0.15, 0.2) is 77.0 Å². The van der Waals surface area contributed by atoms with E-state index in [4.69, 9.17) is 4.74 Å². The average Bonchev–Trinajstić information content (AvgIpc) is 2.94. The Kier molecular flexibility index (Phi) is 3.22. The van der Waals surface area contributed by atoms with E-state index in [-0.39, 0.29) is 0 Å². The maximum Gasteiger partial charge on any atom is 0.219 e. The molecule has 0 N–H and O–H groups in total. The molecule has 3 rings (SSSR count). The summed E-state index contributed by atoms with van der Waals surface area (Å²) in [6.07, 6.45) is 3.73. The Balaban J connectivity index is 2.26. The number of halogens is 1. The molecule has 0 aliphatic carbocycles. The summed E-state index contributed by atoms with van der Waals surface area (Å²) in [5.41, 5.74) is 1.81. The van der Waals surface area contributed by atoms with Crippen molar-refractivity contribution in [3.8, 4) is 0 Å². The van der Waals surface area contributed by atoms with Crippen molar-refractivity contribution in [2.75, 3.05) is 0 Å². The molecule has 94 valence electrons. The minimum absolute atomic E-state index is 0.452. The van der Waals surface area contributed by atoms with Gasteiger partial charge in [-0.3, -0.25) is 0 Å². The van der Waals surface area contributed by atoms with Crippen LogP contribution in [0.2, 0.25) is 0 Å². The van der Waals surface area contributed by atoms with Crippen LogP contribution >= 0.6 is 16.1 Å². The van der Waals surface area contributed by atoms with Crippen LogP contribution in [-0.4, -0.2) is 5.90 Å². The first-order valence-electron chi connectivity index (χ1n) is 6.03. The first kappa shape index (κ1) is 12.2. The second-order valence-corrected chi connectivity index (χ2v) is 4.70. The van der Waals surface area contributed by atoms with Crippen molar-refractivity contribution in [1.29, 1.82) is 0 Å². The van der Waals surface area contributed by atoms with Crippen LogP contribution in [0.25, 0.3) is 0 Å². The molecule has 19 heavy (non-hydrogen) atoms. The van der Waals surface area contributed by atoms with Gasteiger partial charge >= 0.3 is 0 Å². The summed E-state index contributed by atoms with van der Waals surface area (Å²) < 4.78 is 9.69.